The first-order valence-corrected chi connectivity index (χ1v) is 9.73. The van der Waals surface area contributed by atoms with Gasteiger partial charge in [-0.05, 0) is 48.9 Å². The largest absolute Gasteiger partial charge is 0.493 e. The van der Waals surface area contributed by atoms with E-state index < -0.39 is 17.6 Å². The summed E-state index contributed by atoms with van der Waals surface area (Å²) in [6, 6.07) is 9.71. The molecule has 4 nitrogen and oxygen atoms in total. The monoisotopic (exact) mass is 439 g/mol. The summed E-state index contributed by atoms with van der Waals surface area (Å²) in [5.74, 6) is 0.603. The summed E-state index contributed by atoms with van der Waals surface area (Å²) in [5, 5.41) is 0. The predicted octanol–water partition coefficient (Wildman–Crippen LogP) is 5.52. The van der Waals surface area contributed by atoms with Gasteiger partial charge in [0.15, 0.2) is 15.8 Å². The van der Waals surface area contributed by atoms with Crippen molar-refractivity contribution in [2.45, 2.75) is 13.1 Å². The maximum Gasteiger partial charge on any atom is 0.416 e. The second kappa shape index (κ2) is 8.46. The number of hydrogen-bond acceptors (Lipinski definition) is 5. The first kappa shape index (κ1) is 21.2. The third kappa shape index (κ3) is 4.56. The fraction of sp³-hybridized carbons (Fsp3) is 0.200. The van der Waals surface area contributed by atoms with Crippen molar-refractivity contribution in [3.05, 3.63) is 58.5 Å². The highest BCUT2D eigenvalue weighted by Gasteiger charge is 2.36. The molecule has 1 saturated heterocycles. The molecule has 0 N–H and O–H groups in total. The molecule has 1 fully saturated rings. The number of ether oxygens (including phenoxy) is 2. The Balaban J connectivity index is 1.92. The molecule has 2 aromatic rings. The molecule has 0 spiro atoms. The molecule has 0 saturated carbocycles. The molecule has 1 aliphatic heterocycles. The molecule has 0 aromatic heterocycles. The summed E-state index contributed by atoms with van der Waals surface area (Å²) in [4.78, 5) is 14.2. The number of benzene rings is 2. The quantitative estimate of drug-likeness (QED) is 0.453. The van der Waals surface area contributed by atoms with Crippen molar-refractivity contribution in [1.82, 2.24) is 0 Å². The molecular weight excluding hydrogens is 423 g/mol. The van der Waals surface area contributed by atoms with Gasteiger partial charge in [0, 0.05) is 0 Å². The van der Waals surface area contributed by atoms with E-state index >= 15 is 0 Å². The number of methoxy groups -OCH3 is 1. The summed E-state index contributed by atoms with van der Waals surface area (Å²) < 4.78 is 49.9. The van der Waals surface area contributed by atoms with E-state index in [0.29, 0.717) is 28.6 Å². The summed E-state index contributed by atoms with van der Waals surface area (Å²) >= 11 is 6.27. The number of rotatable bonds is 5. The molecule has 1 amide bonds. The van der Waals surface area contributed by atoms with Crippen LogP contribution in [0.5, 0.6) is 11.5 Å². The van der Waals surface area contributed by atoms with Crippen molar-refractivity contribution in [3.8, 4) is 11.5 Å². The second-order valence-electron chi connectivity index (χ2n) is 5.91. The van der Waals surface area contributed by atoms with Crippen molar-refractivity contribution in [2.75, 3.05) is 18.6 Å². The number of carbonyl (C=O) groups excluding carboxylic acids is 1. The number of thioether (sulfide) groups is 1. The summed E-state index contributed by atoms with van der Waals surface area (Å²) in [5.41, 5.74) is -0.0845. The molecule has 2 aromatic carbocycles. The maximum absolute atomic E-state index is 13.0. The average molecular weight is 439 g/mol. The molecule has 3 rings (SSSR count). The Morgan fingerprint density at radius 1 is 1.17 bits per heavy atom. The Hall–Kier alpha value is -2.52. The molecule has 1 heterocycles. The molecule has 152 valence electrons. The first-order valence-electron chi connectivity index (χ1n) is 8.50. The van der Waals surface area contributed by atoms with Crippen molar-refractivity contribution in [1.29, 1.82) is 0 Å². The number of nitrogens with zero attached hydrogens (tertiary/aromatic N) is 1. The Morgan fingerprint density at radius 3 is 2.59 bits per heavy atom. The van der Waals surface area contributed by atoms with Gasteiger partial charge in [-0.3, -0.25) is 9.69 Å². The minimum atomic E-state index is -4.51. The SMILES string of the molecule is CCOc1cc(C=C2SC(=S)N(c3cccc(C(F)(F)F)c3)C2=O)ccc1OC. The molecular formula is C20H16F3NO3S2. The number of halogens is 3. The van der Waals surface area contributed by atoms with Crippen LogP contribution < -0.4 is 14.4 Å². The van der Waals surface area contributed by atoms with Gasteiger partial charge in [-0.25, -0.2) is 0 Å². The molecule has 0 bridgehead atoms. The fourth-order valence-corrected chi connectivity index (χ4v) is 4.01. The van der Waals surface area contributed by atoms with E-state index in [1.54, 1.807) is 24.3 Å². The summed E-state index contributed by atoms with van der Waals surface area (Å²) in [6.45, 7) is 2.28. The van der Waals surface area contributed by atoms with E-state index in [1.165, 1.54) is 19.2 Å². The zero-order valence-corrected chi connectivity index (χ0v) is 17.1. The number of alkyl halides is 3. The standard InChI is InChI=1S/C20H16F3NO3S2/c1-3-27-16-9-12(7-8-15(16)26-2)10-17-18(25)24(19(28)29-17)14-6-4-5-13(11-14)20(21,22)23/h4-11H,3H2,1-2H3. The third-order valence-electron chi connectivity index (χ3n) is 4.01. The van der Waals surface area contributed by atoms with E-state index in [4.69, 9.17) is 21.7 Å². The Labute approximate surface area is 175 Å². The van der Waals surface area contributed by atoms with Gasteiger partial charge in [-0.15, -0.1) is 0 Å². The number of amides is 1. The summed E-state index contributed by atoms with van der Waals surface area (Å²) in [7, 11) is 1.53. The average Bonchev–Trinajstić information content (AvgIpc) is 2.95. The van der Waals surface area contributed by atoms with Crippen LogP contribution in [0, 0.1) is 0 Å². The van der Waals surface area contributed by atoms with Gasteiger partial charge in [0.25, 0.3) is 5.91 Å². The zero-order valence-electron chi connectivity index (χ0n) is 15.4. The number of anilines is 1. The second-order valence-corrected chi connectivity index (χ2v) is 7.58. The maximum atomic E-state index is 13.0. The smallest absolute Gasteiger partial charge is 0.416 e. The highest BCUT2D eigenvalue weighted by Crippen LogP contribution is 2.39. The first-order chi connectivity index (χ1) is 13.7. The molecule has 0 atom stereocenters. The van der Waals surface area contributed by atoms with Crippen LogP contribution in [0.15, 0.2) is 47.4 Å². The van der Waals surface area contributed by atoms with Crippen LogP contribution in [0.4, 0.5) is 18.9 Å². The van der Waals surface area contributed by atoms with E-state index in [2.05, 4.69) is 0 Å². The van der Waals surface area contributed by atoms with Crippen LogP contribution in [0.2, 0.25) is 0 Å². The van der Waals surface area contributed by atoms with Gasteiger partial charge >= 0.3 is 6.18 Å². The van der Waals surface area contributed by atoms with Gasteiger partial charge < -0.3 is 9.47 Å². The van der Waals surface area contributed by atoms with Crippen molar-refractivity contribution >= 4 is 46.0 Å². The van der Waals surface area contributed by atoms with Crippen LogP contribution in [0.25, 0.3) is 6.08 Å². The van der Waals surface area contributed by atoms with Crippen molar-refractivity contribution in [3.63, 3.8) is 0 Å². The Kier molecular flexibility index (Phi) is 6.18. The lowest BCUT2D eigenvalue weighted by atomic mass is 10.1. The van der Waals surface area contributed by atoms with E-state index in [-0.39, 0.29) is 10.0 Å². The van der Waals surface area contributed by atoms with Crippen LogP contribution >= 0.6 is 24.0 Å². The van der Waals surface area contributed by atoms with Crippen LogP contribution in [0.1, 0.15) is 18.1 Å². The molecule has 0 aliphatic carbocycles. The predicted molar refractivity (Wildman–Crippen MR) is 111 cm³/mol. The summed E-state index contributed by atoms with van der Waals surface area (Å²) in [6.07, 6.45) is -2.89. The van der Waals surface area contributed by atoms with E-state index in [9.17, 15) is 18.0 Å². The van der Waals surface area contributed by atoms with E-state index in [0.717, 1.165) is 28.8 Å². The normalized spacial score (nSPS) is 15.9. The minimum Gasteiger partial charge on any atom is -0.493 e. The lowest BCUT2D eigenvalue weighted by molar-refractivity contribution is -0.137. The molecule has 0 unspecified atom stereocenters. The highest BCUT2D eigenvalue weighted by molar-refractivity contribution is 8.27. The number of hydrogen-bond donors (Lipinski definition) is 0. The van der Waals surface area contributed by atoms with Gasteiger partial charge in [-0.2, -0.15) is 13.2 Å². The van der Waals surface area contributed by atoms with Crippen LogP contribution in [-0.2, 0) is 11.0 Å². The van der Waals surface area contributed by atoms with Gasteiger partial charge in [-0.1, -0.05) is 36.1 Å². The zero-order chi connectivity index (χ0) is 21.2. The lowest BCUT2D eigenvalue weighted by Gasteiger charge is -2.16. The fourth-order valence-electron chi connectivity index (χ4n) is 2.71. The van der Waals surface area contributed by atoms with E-state index in [1.807, 2.05) is 6.92 Å². The molecule has 9 heteroatoms. The Morgan fingerprint density at radius 2 is 1.93 bits per heavy atom. The third-order valence-corrected chi connectivity index (χ3v) is 5.31. The lowest BCUT2D eigenvalue weighted by Crippen LogP contribution is -2.27. The Bertz CT molecular complexity index is 989. The van der Waals surface area contributed by atoms with Gasteiger partial charge in [0.1, 0.15) is 0 Å². The number of thiocarbonyl (C=S) groups is 1. The molecule has 29 heavy (non-hydrogen) atoms. The molecule has 0 radical (unpaired) electrons. The van der Waals surface area contributed by atoms with Crippen molar-refractivity contribution in [2.24, 2.45) is 0 Å². The van der Waals surface area contributed by atoms with Crippen LogP contribution in [-0.4, -0.2) is 23.9 Å². The van der Waals surface area contributed by atoms with Gasteiger partial charge in [0.05, 0.1) is 29.9 Å². The van der Waals surface area contributed by atoms with Crippen LogP contribution in [0.3, 0.4) is 0 Å². The van der Waals surface area contributed by atoms with Gasteiger partial charge in [0.2, 0.25) is 0 Å². The minimum absolute atomic E-state index is 0.0791. The molecule has 1 aliphatic rings. The van der Waals surface area contributed by atoms with Crippen molar-refractivity contribution < 1.29 is 27.4 Å². The highest BCUT2D eigenvalue weighted by atomic mass is 32.2. The topological polar surface area (TPSA) is 38.8 Å². The number of carbonyl (C=O) groups is 1.